The summed E-state index contributed by atoms with van der Waals surface area (Å²) in [4.78, 5) is 8.89. The zero-order chi connectivity index (χ0) is 15.6. The highest BCUT2D eigenvalue weighted by Crippen LogP contribution is 2.31. The molecule has 0 spiro atoms. The number of hydrogen-bond donors (Lipinski definition) is 1. The molecule has 2 rings (SSSR count). The lowest BCUT2D eigenvalue weighted by Gasteiger charge is -2.11. The van der Waals surface area contributed by atoms with Gasteiger partial charge in [0.2, 0.25) is 0 Å². The van der Waals surface area contributed by atoms with Gasteiger partial charge in [0.05, 0.1) is 16.4 Å². The summed E-state index contributed by atoms with van der Waals surface area (Å²) in [7, 11) is 1.51. The minimum atomic E-state index is 0.0543. The van der Waals surface area contributed by atoms with Gasteiger partial charge in [0, 0.05) is 5.56 Å². The fourth-order valence-corrected chi connectivity index (χ4v) is 2.59. The number of aromatic nitrogens is 2. The summed E-state index contributed by atoms with van der Waals surface area (Å²) in [5.74, 6) is 1.45. The van der Waals surface area contributed by atoms with Crippen LogP contribution in [-0.2, 0) is 6.42 Å². The van der Waals surface area contributed by atoms with Gasteiger partial charge in [-0.25, -0.2) is 9.97 Å². The Kier molecular flexibility index (Phi) is 5.27. The molecule has 2 aromatic rings. The molecule has 0 amide bonds. The largest absolute Gasteiger partial charge is 0.504 e. The first-order valence-electron chi connectivity index (χ1n) is 6.51. The standard InChI is InChI=1S/C15H16ClIN2O2/c1-8(2)6-10-13(17)14(16)19-15(18-10)9-4-5-12(21-3)11(20)7-9/h4-5,7-8,20H,6H2,1-3H3. The third-order valence-electron chi connectivity index (χ3n) is 2.92. The SMILES string of the molecule is COc1ccc(-c2nc(Cl)c(I)c(CC(C)C)n2)cc1O. The van der Waals surface area contributed by atoms with E-state index in [0.29, 0.717) is 28.2 Å². The lowest BCUT2D eigenvalue weighted by Crippen LogP contribution is -2.04. The molecule has 0 fully saturated rings. The minimum absolute atomic E-state index is 0.0543. The highest BCUT2D eigenvalue weighted by Gasteiger charge is 2.14. The van der Waals surface area contributed by atoms with Crippen LogP contribution in [0, 0.1) is 9.49 Å². The van der Waals surface area contributed by atoms with Crippen molar-refractivity contribution in [2.75, 3.05) is 7.11 Å². The van der Waals surface area contributed by atoms with E-state index in [1.54, 1.807) is 18.2 Å². The fraction of sp³-hybridized carbons (Fsp3) is 0.333. The molecule has 6 heteroatoms. The first kappa shape index (κ1) is 16.3. The van der Waals surface area contributed by atoms with Crippen molar-refractivity contribution in [2.45, 2.75) is 20.3 Å². The molecule has 0 unspecified atom stereocenters. The van der Waals surface area contributed by atoms with Gasteiger partial charge in [-0.15, -0.1) is 0 Å². The second kappa shape index (κ2) is 6.79. The Labute approximate surface area is 142 Å². The van der Waals surface area contributed by atoms with Crippen LogP contribution in [0.15, 0.2) is 18.2 Å². The van der Waals surface area contributed by atoms with Crippen LogP contribution >= 0.6 is 34.2 Å². The van der Waals surface area contributed by atoms with Crippen molar-refractivity contribution in [1.29, 1.82) is 0 Å². The molecule has 1 heterocycles. The molecule has 4 nitrogen and oxygen atoms in total. The maximum absolute atomic E-state index is 9.88. The first-order valence-corrected chi connectivity index (χ1v) is 7.97. The number of aromatic hydroxyl groups is 1. The van der Waals surface area contributed by atoms with Crippen LogP contribution < -0.4 is 4.74 Å². The number of methoxy groups -OCH3 is 1. The Hall–Kier alpha value is -1.08. The minimum Gasteiger partial charge on any atom is -0.504 e. The summed E-state index contributed by atoms with van der Waals surface area (Å²) in [5.41, 5.74) is 1.63. The normalized spacial score (nSPS) is 11.0. The summed E-state index contributed by atoms with van der Waals surface area (Å²) in [6.07, 6.45) is 0.829. The van der Waals surface area contributed by atoms with Gasteiger partial charge in [0.1, 0.15) is 5.15 Å². The Morgan fingerprint density at radius 3 is 2.62 bits per heavy atom. The van der Waals surface area contributed by atoms with Crippen LogP contribution in [0.5, 0.6) is 11.5 Å². The average molecular weight is 419 g/mol. The van der Waals surface area contributed by atoms with Crippen LogP contribution in [0.4, 0.5) is 0 Å². The third-order valence-corrected chi connectivity index (χ3v) is 4.64. The number of ether oxygens (including phenoxy) is 1. The van der Waals surface area contributed by atoms with Gasteiger partial charge < -0.3 is 9.84 Å². The average Bonchev–Trinajstić information content (AvgIpc) is 2.43. The summed E-state index contributed by atoms with van der Waals surface area (Å²) < 4.78 is 5.92. The van der Waals surface area contributed by atoms with E-state index in [4.69, 9.17) is 16.3 Å². The molecule has 0 radical (unpaired) electrons. The highest BCUT2D eigenvalue weighted by atomic mass is 127. The molecule has 0 atom stereocenters. The predicted octanol–water partition coefficient (Wildman–Crippen LogP) is 4.31. The lowest BCUT2D eigenvalue weighted by atomic mass is 10.1. The van der Waals surface area contributed by atoms with Crippen LogP contribution in [0.1, 0.15) is 19.5 Å². The molecule has 0 saturated heterocycles. The zero-order valence-corrected chi connectivity index (χ0v) is 14.9. The van der Waals surface area contributed by atoms with Crippen molar-refractivity contribution >= 4 is 34.2 Å². The van der Waals surface area contributed by atoms with Crippen molar-refractivity contribution in [1.82, 2.24) is 9.97 Å². The van der Waals surface area contributed by atoms with Crippen LogP contribution in [0.3, 0.4) is 0 Å². The molecule has 0 aliphatic heterocycles. The fourth-order valence-electron chi connectivity index (χ4n) is 1.94. The Balaban J connectivity index is 2.49. The lowest BCUT2D eigenvalue weighted by molar-refractivity contribution is 0.373. The summed E-state index contributed by atoms with van der Waals surface area (Å²) in [5, 5.41) is 10.3. The van der Waals surface area contributed by atoms with Gasteiger partial charge in [0.15, 0.2) is 17.3 Å². The number of phenols is 1. The molecule has 0 saturated carbocycles. The van der Waals surface area contributed by atoms with E-state index in [1.807, 2.05) is 0 Å². The number of hydrogen-bond acceptors (Lipinski definition) is 4. The number of halogens is 2. The van der Waals surface area contributed by atoms with Gasteiger partial charge in [-0.2, -0.15) is 0 Å². The van der Waals surface area contributed by atoms with E-state index < -0.39 is 0 Å². The molecule has 1 N–H and O–H groups in total. The van der Waals surface area contributed by atoms with Crippen LogP contribution in [-0.4, -0.2) is 22.2 Å². The van der Waals surface area contributed by atoms with E-state index in [0.717, 1.165) is 15.7 Å². The molecule has 1 aromatic heterocycles. The number of nitrogens with zero attached hydrogens (tertiary/aromatic N) is 2. The van der Waals surface area contributed by atoms with Gasteiger partial charge in [-0.05, 0) is 53.1 Å². The second-order valence-corrected chi connectivity index (χ2v) is 6.52. The third kappa shape index (κ3) is 3.77. The van der Waals surface area contributed by atoms with Gasteiger partial charge in [-0.3, -0.25) is 0 Å². The Morgan fingerprint density at radius 1 is 1.33 bits per heavy atom. The van der Waals surface area contributed by atoms with Crippen molar-refractivity contribution < 1.29 is 9.84 Å². The molecule has 21 heavy (non-hydrogen) atoms. The molecular formula is C15H16ClIN2O2. The number of rotatable bonds is 4. The van der Waals surface area contributed by atoms with Crippen molar-refractivity contribution in [3.63, 3.8) is 0 Å². The van der Waals surface area contributed by atoms with E-state index in [1.165, 1.54) is 7.11 Å². The van der Waals surface area contributed by atoms with Crippen LogP contribution in [0.25, 0.3) is 11.4 Å². The van der Waals surface area contributed by atoms with E-state index in [9.17, 15) is 5.11 Å². The maximum atomic E-state index is 9.88. The predicted molar refractivity (Wildman–Crippen MR) is 92.0 cm³/mol. The summed E-state index contributed by atoms with van der Waals surface area (Å²) >= 11 is 8.37. The Morgan fingerprint density at radius 2 is 2.05 bits per heavy atom. The topological polar surface area (TPSA) is 55.2 Å². The van der Waals surface area contributed by atoms with Crippen LogP contribution in [0.2, 0.25) is 5.15 Å². The zero-order valence-electron chi connectivity index (χ0n) is 12.0. The quantitative estimate of drug-likeness (QED) is 0.594. The first-order chi connectivity index (χ1) is 9.92. The molecule has 0 aliphatic rings. The summed E-state index contributed by atoms with van der Waals surface area (Å²) in [6, 6.07) is 5.06. The smallest absolute Gasteiger partial charge is 0.161 e. The van der Waals surface area contributed by atoms with Gasteiger partial charge in [-0.1, -0.05) is 25.4 Å². The molecule has 0 aliphatic carbocycles. The molecular weight excluding hydrogens is 403 g/mol. The Bertz CT molecular complexity index is 662. The van der Waals surface area contributed by atoms with Crippen molar-refractivity contribution in [2.24, 2.45) is 5.92 Å². The number of benzene rings is 1. The molecule has 112 valence electrons. The molecule has 1 aromatic carbocycles. The second-order valence-electron chi connectivity index (χ2n) is 5.08. The van der Waals surface area contributed by atoms with E-state index in [2.05, 4.69) is 46.4 Å². The van der Waals surface area contributed by atoms with Crippen molar-refractivity contribution in [3.05, 3.63) is 32.6 Å². The monoisotopic (exact) mass is 418 g/mol. The highest BCUT2D eigenvalue weighted by molar-refractivity contribution is 14.1. The van der Waals surface area contributed by atoms with Crippen molar-refractivity contribution in [3.8, 4) is 22.9 Å². The molecule has 0 bridgehead atoms. The van der Waals surface area contributed by atoms with Gasteiger partial charge in [0.25, 0.3) is 0 Å². The maximum Gasteiger partial charge on any atom is 0.161 e. The van der Waals surface area contributed by atoms with Gasteiger partial charge >= 0.3 is 0 Å². The summed E-state index contributed by atoms with van der Waals surface area (Å²) in [6.45, 7) is 4.26. The number of phenolic OH excluding ortho intramolecular Hbond substituents is 1. The van der Waals surface area contributed by atoms with E-state index >= 15 is 0 Å². The van der Waals surface area contributed by atoms with E-state index in [-0.39, 0.29) is 5.75 Å².